The summed E-state index contributed by atoms with van der Waals surface area (Å²) in [5, 5.41) is 0. The van der Waals surface area contributed by atoms with Crippen molar-refractivity contribution in [2.24, 2.45) is 0 Å². The monoisotopic (exact) mass is 234 g/mol. The molecule has 0 spiro atoms. The van der Waals surface area contributed by atoms with Gasteiger partial charge in [-0.3, -0.25) is 4.79 Å². The van der Waals surface area contributed by atoms with Crippen molar-refractivity contribution < 1.29 is 14.3 Å². The van der Waals surface area contributed by atoms with Crippen molar-refractivity contribution in [2.45, 2.75) is 13.8 Å². The molecule has 1 aromatic rings. The van der Waals surface area contributed by atoms with Gasteiger partial charge >= 0.3 is 0 Å². The second-order valence-corrected chi connectivity index (χ2v) is 3.92. The summed E-state index contributed by atoms with van der Waals surface area (Å²) in [4.78, 5) is 11.9. The first-order valence-electron chi connectivity index (χ1n) is 5.55. The zero-order valence-electron chi connectivity index (χ0n) is 10.5. The highest BCUT2D eigenvalue weighted by atomic mass is 16.5. The van der Waals surface area contributed by atoms with Gasteiger partial charge in [-0.05, 0) is 32.1 Å². The number of carbonyl (C=O) groups excluding carboxylic acids is 1. The number of para-hydroxylation sites is 1. The van der Waals surface area contributed by atoms with Gasteiger partial charge in [-0.25, -0.2) is 0 Å². The van der Waals surface area contributed by atoms with Gasteiger partial charge in [0.15, 0.2) is 5.78 Å². The molecule has 0 unspecified atom stereocenters. The van der Waals surface area contributed by atoms with E-state index in [9.17, 15) is 4.79 Å². The molecule has 0 atom stereocenters. The van der Waals surface area contributed by atoms with Crippen molar-refractivity contribution in [3.05, 3.63) is 41.5 Å². The van der Waals surface area contributed by atoms with E-state index in [0.29, 0.717) is 24.5 Å². The van der Waals surface area contributed by atoms with Crippen molar-refractivity contribution in [3.63, 3.8) is 0 Å². The Labute approximate surface area is 102 Å². The van der Waals surface area contributed by atoms with E-state index in [4.69, 9.17) is 9.47 Å². The molecular weight excluding hydrogens is 216 g/mol. The lowest BCUT2D eigenvalue weighted by molar-refractivity contribution is 0.103. The van der Waals surface area contributed by atoms with Crippen molar-refractivity contribution in [2.75, 3.05) is 20.3 Å². The minimum Gasteiger partial charge on any atom is -0.490 e. The van der Waals surface area contributed by atoms with Crippen LogP contribution in [0.25, 0.3) is 0 Å². The molecule has 0 heterocycles. The number of ketones is 1. The Balaban J connectivity index is 2.84. The maximum absolute atomic E-state index is 11.9. The molecule has 0 radical (unpaired) electrons. The Hall–Kier alpha value is -1.61. The Kier molecular flexibility index (Phi) is 5.43. The smallest absolute Gasteiger partial charge is 0.189 e. The lowest BCUT2D eigenvalue weighted by Crippen LogP contribution is -2.07. The Morgan fingerprint density at radius 1 is 1.24 bits per heavy atom. The number of carbonyl (C=O) groups is 1. The van der Waals surface area contributed by atoms with Crippen LogP contribution >= 0.6 is 0 Å². The summed E-state index contributed by atoms with van der Waals surface area (Å²) in [6.07, 6.45) is 1.61. The summed E-state index contributed by atoms with van der Waals surface area (Å²) >= 11 is 0. The maximum atomic E-state index is 11.9. The SMILES string of the molecule is COCCOc1ccccc1C(=O)C=C(C)C. The van der Waals surface area contributed by atoms with Crippen LogP contribution in [0.15, 0.2) is 35.9 Å². The number of ether oxygens (including phenoxy) is 2. The minimum atomic E-state index is -0.0296. The van der Waals surface area contributed by atoms with E-state index in [0.717, 1.165) is 5.57 Å². The van der Waals surface area contributed by atoms with Crippen LogP contribution < -0.4 is 4.74 Å². The number of hydrogen-bond acceptors (Lipinski definition) is 3. The molecule has 3 nitrogen and oxygen atoms in total. The van der Waals surface area contributed by atoms with E-state index in [-0.39, 0.29) is 5.78 Å². The largest absolute Gasteiger partial charge is 0.490 e. The van der Waals surface area contributed by atoms with Crippen molar-refractivity contribution in [1.82, 2.24) is 0 Å². The highest BCUT2D eigenvalue weighted by Crippen LogP contribution is 2.19. The van der Waals surface area contributed by atoms with Crippen LogP contribution in [0, 0.1) is 0 Å². The highest BCUT2D eigenvalue weighted by Gasteiger charge is 2.09. The van der Waals surface area contributed by atoms with E-state index in [1.807, 2.05) is 26.0 Å². The van der Waals surface area contributed by atoms with Crippen molar-refractivity contribution in [3.8, 4) is 5.75 Å². The van der Waals surface area contributed by atoms with Crippen molar-refractivity contribution in [1.29, 1.82) is 0 Å². The molecule has 0 aromatic heterocycles. The number of hydrogen-bond donors (Lipinski definition) is 0. The molecule has 1 aromatic carbocycles. The van der Waals surface area contributed by atoms with E-state index in [2.05, 4.69) is 0 Å². The lowest BCUT2D eigenvalue weighted by Gasteiger charge is -2.09. The Morgan fingerprint density at radius 2 is 1.94 bits per heavy atom. The molecule has 0 aliphatic heterocycles. The second-order valence-electron chi connectivity index (χ2n) is 3.92. The fourth-order valence-electron chi connectivity index (χ4n) is 1.37. The molecule has 0 N–H and O–H groups in total. The molecule has 0 aliphatic rings. The maximum Gasteiger partial charge on any atom is 0.189 e. The molecule has 0 fully saturated rings. The van der Waals surface area contributed by atoms with Crippen LogP contribution in [0.1, 0.15) is 24.2 Å². The van der Waals surface area contributed by atoms with Crippen LogP contribution in [0.3, 0.4) is 0 Å². The number of benzene rings is 1. The highest BCUT2D eigenvalue weighted by molar-refractivity contribution is 6.06. The quantitative estimate of drug-likeness (QED) is 0.431. The Bertz CT molecular complexity index is 404. The van der Waals surface area contributed by atoms with Crippen LogP contribution in [0.2, 0.25) is 0 Å². The summed E-state index contributed by atoms with van der Waals surface area (Å²) in [6.45, 7) is 4.74. The second kappa shape index (κ2) is 6.86. The normalized spacial score (nSPS) is 9.82. The van der Waals surface area contributed by atoms with Gasteiger partial charge in [0.2, 0.25) is 0 Å². The molecule has 3 heteroatoms. The third-order valence-electron chi connectivity index (χ3n) is 2.12. The molecule has 0 saturated heterocycles. The molecule has 0 bridgehead atoms. The van der Waals surface area contributed by atoms with Gasteiger partial charge in [0, 0.05) is 7.11 Å². The third-order valence-corrected chi connectivity index (χ3v) is 2.12. The summed E-state index contributed by atoms with van der Waals surface area (Å²) in [5.41, 5.74) is 1.56. The average molecular weight is 234 g/mol. The standard InChI is InChI=1S/C14H18O3/c1-11(2)10-13(15)12-6-4-5-7-14(12)17-9-8-16-3/h4-7,10H,8-9H2,1-3H3. The molecule has 0 aliphatic carbocycles. The number of methoxy groups -OCH3 is 1. The first-order valence-corrected chi connectivity index (χ1v) is 5.55. The topological polar surface area (TPSA) is 35.5 Å². The van der Waals surface area contributed by atoms with Crippen LogP contribution in [0.5, 0.6) is 5.75 Å². The van der Waals surface area contributed by atoms with E-state index in [1.54, 1.807) is 25.3 Å². The first-order chi connectivity index (χ1) is 8.15. The molecule has 92 valence electrons. The van der Waals surface area contributed by atoms with Gasteiger partial charge in [0.25, 0.3) is 0 Å². The molecule has 0 amide bonds. The Morgan fingerprint density at radius 3 is 2.59 bits per heavy atom. The fourth-order valence-corrected chi connectivity index (χ4v) is 1.37. The molecular formula is C14H18O3. The predicted octanol–water partition coefficient (Wildman–Crippen LogP) is 2.86. The number of allylic oxidation sites excluding steroid dienone is 2. The molecule has 0 saturated carbocycles. The van der Waals surface area contributed by atoms with Gasteiger partial charge in [0.1, 0.15) is 12.4 Å². The van der Waals surface area contributed by atoms with Gasteiger partial charge in [-0.15, -0.1) is 0 Å². The fraction of sp³-hybridized carbons (Fsp3) is 0.357. The lowest BCUT2D eigenvalue weighted by atomic mass is 10.1. The van der Waals surface area contributed by atoms with Gasteiger partial charge in [-0.2, -0.15) is 0 Å². The number of rotatable bonds is 6. The van der Waals surface area contributed by atoms with Crippen molar-refractivity contribution >= 4 is 5.78 Å². The van der Waals surface area contributed by atoms with Gasteiger partial charge in [-0.1, -0.05) is 17.7 Å². The van der Waals surface area contributed by atoms with E-state index < -0.39 is 0 Å². The molecule has 17 heavy (non-hydrogen) atoms. The summed E-state index contributed by atoms with van der Waals surface area (Å²) in [5.74, 6) is 0.574. The minimum absolute atomic E-state index is 0.0296. The summed E-state index contributed by atoms with van der Waals surface area (Å²) in [6, 6.07) is 7.24. The summed E-state index contributed by atoms with van der Waals surface area (Å²) in [7, 11) is 1.61. The summed E-state index contributed by atoms with van der Waals surface area (Å²) < 4.78 is 10.4. The average Bonchev–Trinajstić information content (AvgIpc) is 2.29. The zero-order valence-corrected chi connectivity index (χ0v) is 10.5. The van der Waals surface area contributed by atoms with Crippen LogP contribution in [-0.2, 0) is 4.74 Å². The predicted molar refractivity (Wildman–Crippen MR) is 67.6 cm³/mol. The zero-order chi connectivity index (χ0) is 12.7. The molecule has 1 rings (SSSR count). The van der Waals surface area contributed by atoms with E-state index >= 15 is 0 Å². The van der Waals surface area contributed by atoms with Crippen LogP contribution in [0.4, 0.5) is 0 Å². The van der Waals surface area contributed by atoms with E-state index in [1.165, 1.54) is 0 Å². The third kappa shape index (κ3) is 4.41. The van der Waals surface area contributed by atoms with Gasteiger partial charge in [0.05, 0.1) is 12.2 Å². The first kappa shape index (κ1) is 13.5. The van der Waals surface area contributed by atoms with Crippen LogP contribution in [-0.4, -0.2) is 26.1 Å². The van der Waals surface area contributed by atoms with Gasteiger partial charge < -0.3 is 9.47 Å².